The van der Waals surface area contributed by atoms with Gasteiger partial charge in [0, 0.05) is 33.2 Å². The van der Waals surface area contributed by atoms with Gasteiger partial charge in [-0.25, -0.2) is 0 Å². The van der Waals surface area contributed by atoms with Crippen LogP contribution in [0, 0.1) is 23.7 Å². The second-order valence-corrected chi connectivity index (χ2v) is 16.6. The van der Waals surface area contributed by atoms with Crippen LogP contribution in [0.4, 0.5) is 17.1 Å². The molecule has 0 radical (unpaired) electrons. The highest BCUT2D eigenvalue weighted by atomic mass is 15.2. The Morgan fingerprint density at radius 1 is 0.463 bits per heavy atom. The first-order valence-electron chi connectivity index (χ1n) is 20.0. The van der Waals surface area contributed by atoms with Crippen LogP contribution in [0.2, 0.25) is 0 Å². The molecule has 0 atom stereocenters. The summed E-state index contributed by atoms with van der Waals surface area (Å²) in [6, 6.07) is 63.8. The summed E-state index contributed by atoms with van der Waals surface area (Å²) in [4.78, 5) is 2.60. The summed E-state index contributed by atoms with van der Waals surface area (Å²) in [5, 5.41) is 2.57. The van der Waals surface area contributed by atoms with Crippen LogP contribution in [-0.4, -0.2) is 4.57 Å². The van der Waals surface area contributed by atoms with Gasteiger partial charge in [0.1, 0.15) is 0 Å². The van der Waals surface area contributed by atoms with Crippen LogP contribution in [0.1, 0.15) is 43.2 Å². The van der Waals surface area contributed by atoms with E-state index in [2.05, 4.69) is 179 Å². The Balaban J connectivity index is 1.10. The monoisotopic (exact) mass is 694 g/mol. The number of fused-ring (bicyclic) bond motifs is 6. The molecule has 0 saturated heterocycles. The largest absolute Gasteiger partial charge is 0.310 e. The van der Waals surface area contributed by atoms with Gasteiger partial charge in [0.05, 0.1) is 16.7 Å². The van der Waals surface area contributed by atoms with Crippen LogP contribution in [0.15, 0.2) is 170 Å². The lowest BCUT2D eigenvalue weighted by Crippen LogP contribution is -2.55. The van der Waals surface area contributed by atoms with Crippen molar-refractivity contribution in [2.24, 2.45) is 23.7 Å². The van der Waals surface area contributed by atoms with Gasteiger partial charge in [-0.05, 0) is 138 Å². The summed E-state index contributed by atoms with van der Waals surface area (Å²) < 4.78 is 2.45. The molecule has 0 unspecified atom stereocenters. The maximum absolute atomic E-state index is 2.60. The summed E-state index contributed by atoms with van der Waals surface area (Å²) >= 11 is 0. The van der Waals surface area contributed by atoms with Crippen molar-refractivity contribution in [3.05, 3.63) is 181 Å². The number of hydrogen-bond donors (Lipinski definition) is 0. The van der Waals surface area contributed by atoms with Crippen molar-refractivity contribution in [2.45, 2.75) is 37.5 Å². The van der Waals surface area contributed by atoms with Crippen molar-refractivity contribution >= 4 is 38.9 Å². The number of nitrogens with zero attached hydrogens (tertiary/aromatic N) is 2. The summed E-state index contributed by atoms with van der Waals surface area (Å²) in [6.07, 6.45) is 6.91. The Bertz CT molecular complexity index is 2650. The summed E-state index contributed by atoms with van der Waals surface area (Å²) in [6.45, 7) is 0. The molecule has 0 amide bonds. The lowest BCUT2D eigenvalue weighted by Gasteiger charge is -2.61. The third-order valence-corrected chi connectivity index (χ3v) is 13.9. The topological polar surface area (TPSA) is 8.17 Å². The molecule has 7 aromatic carbocycles. The van der Waals surface area contributed by atoms with Gasteiger partial charge in [-0.3, -0.25) is 0 Å². The van der Waals surface area contributed by atoms with E-state index in [4.69, 9.17) is 0 Å². The van der Waals surface area contributed by atoms with Crippen molar-refractivity contribution in [1.29, 1.82) is 0 Å². The van der Waals surface area contributed by atoms with E-state index in [1.54, 1.807) is 11.1 Å². The van der Waals surface area contributed by atoms with Crippen LogP contribution in [0.25, 0.3) is 49.7 Å². The lowest BCUT2D eigenvalue weighted by atomic mass is 9.43. The molecule has 54 heavy (non-hydrogen) atoms. The molecule has 5 aliphatic rings. The zero-order valence-corrected chi connectivity index (χ0v) is 30.4. The number of rotatable bonds is 5. The molecule has 4 saturated carbocycles. The number of hydrogen-bond acceptors (Lipinski definition) is 1. The second-order valence-electron chi connectivity index (χ2n) is 16.6. The minimum absolute atomic E-state index is 0.0443. The molecular formula is C52H42N2. The van der Waals surface area contributed by atoms with Crippen molar-refractivity contribution in [3.63, 3.8) is 0 Å². The average Bonchev–Trinajstić information content (AvgIpc) is 3.72. The molecule has 8 aromatic rings. The maximum Gasteiger partial charge on any atom is 0.0541 e. The summed E-state index contributed by atoms with van der Waals surface area (Å²) in [5.41, 5.74) is 16.0. The highest BCUT2D eigenvalue weighted by Gasteiger charge is 2.62. The van der Waals surface area contributed by atoms with Crippen molar-refractivity contribution in [3.8, 4) is 27.9 Å². The molecular weight excluding hydrogens is 653 g/mol. The van der Waals surface area contributed by atoms with Gasteiger partial charge < -0.3 is 9.47 Å². The Morgan fingerprint density at radius 2 is 1.06 bits per heavy atom. The van der Waals surface area contributed by atoms with Crippen LogP contribution in [-0.2, 0) is 5.41 Å². The molecule has 2 heteroatoms. The number of aromatic nitrogens is 1. The van der Waals surface area contributed by atoms with E-state index in [-0.39, 0.29) is 5.41 Å². The molecule has 2 nitrogen and oxygen atoms in total. The molecule has 4 bridgehead atoms. The van der Waals surface area contributed by atoms with Crippen LogP contribution >= 0.6 is 0 Å². The van der Waals surface area contributed by atoms with Gasteiger partial charge in [0.25, 0.3) is 0 Å². The second kappa shape index (κ2) is 11.6. The van der Waals surface area contributed by atoms with Crippen molar-refractivity contribution in [2.75, 3.05) is 4.90 Å². The van der Waals surface area contributed by atoms with E-state index >= 15 is 0 Å². The Kier molecular flexibility index (Phi) is 6.55. The lowest BCUT2D eigenvalue weighted by molar-refractivity contribution is -0.0397. The Morgan fingerprint density at radius 3 is 1.78 bits per heavy atom. The van der Waals surface area contributed by atoms with Gasteiger partial charge >= 0.3 is 0 Å². The highest BCUT2D eigenvalue weighted by molar-refractivity contribution is 6.09. The zero-order chi connectivity index (χ0) is 35.4. The van der Waals surface area contributed by atoms with Gasteiger partial charge in [0.15, 0.2) is 0 Å². The van der Waals surface area contributed by atoms with Crippen LogP contribution in [0.3, 0.4) is 0 Å². The van der Waals surface area contributed by atoms with Crippen molar-refractivity contribution < 1.29 is 0 Å². The van der Waals surface area contributed by atoms with E-state index in [0.717, 1.165) is 11.8 Å². The predicted molar refractivity (Wildman–Crippen MR) is 224 cm³/mol. The fourth-order valence-electron chi connectivity index (χ4n) is 12.2. The van der Waals surface area contributed by atoms with Gasteiger partial charge in [-0.1, -0.05) is 121 Å². The van der Waals surface area contributed by atoms with E-state index in [9.17, 15) is 0 Å². The Hall–Kier alpha value is -5.86. The fraction of sp³-hybridized carbons (Fsp3) is 0.192. The molecule has 1 spiro atoms. The molecule has 5 aliphatic carbocycles. The number of para-hydroxylation sites is 2. The summed E-state index contributed by atoms with van der Waals surface area (Å²) in [7, 11) is 0. The molecule has 1 aromatic heterocycles. The quantitative estimate of drug-likeness (QED) is 0.174. The number of anilines is 3. The normalized spacial score (nSPS) is 23.3. The van der Waals surface area contributed by atoms with Crippen molar-refractivity contribution in [1.82, 2.24) is 4.57 Å². The minimum Gasteiger partial charge on any atom is -0.310 e. The molecule has 0 N–H and O–H groups in total. The predicted octanol–water partition coefficient (Wildman–Crippen LogP) is 13.6. The number of benzene rings is 7. The third kappa shape index (κ3) is 4.23. The first-order valence-corrected chi connectivity index (χ1v) is 20.0. The third-order valence-electron chi connectivity index (χ3n) is 13.9. The van der Waals surface area contributed by atoms with Crippen LogP contribution < -0.4 is 4.90 Å². The zero-order valence-electron chi connectivity index (χ0n) is 30.4. The van der Waals surface area contributed by atoms with Gasteiger partial charge in [-0.2, -0.15) is 0 Å². The SMILES string of the molecule is c1ccc(-c2ccc(N(c3cccc(-n4c5ccccc5c5ccccc54)c3)c3cccc4c3C3(c5ccccc5-4)C4CC5CC(C4)CC3C5)cc2)cc1. The van der Waals surface area contributed by atoms with Gasteiger partial charge in [-0.15, -0.1) is 0 Å². The fourth-order valence-corrected chi connectivity index (χ4v) is 12.2. The molecule has 13 rings (SSSR count). The smallest absolute Gasteiger partial charge is 0.0541 e. The van der Waals surface area contributed by atoms with Crippen LogP contribution in [0.5, 0.6) is 0 Å². The molecule has 1 heterocycles. The van der Waals surface area contributed by atoms with E-state index in [1.165, 1.54) is 98.9 Å². The first kappa shape index (κ1) is 30.6. The first-order chi connectivity index (χ1) is 26.8. The highest BCUT2D eigenvalue weighted by Crippen LogP contribution is 2.71. The van der Waals surface area contributed by atoms with E-state index in [1.807, 2.05) is 0 Å². The average molecular weight is 695 g/mol. The molecule has 0 aliphatic heterocycles. The summed E-state index contributed by atoms with van der Waals surface area (Å²) in [5.74, 6) is 3.16. The van der Waals surface area contributed by atoms with E-state index < -0.39 is 0 Å². The molecule has 4 fully saturated rings. The van der Waals surface area contributed by atoms with Gasteiger partial charge in [0.2, 0.25) is 0 Å². The standard InChI is InChI=1S/C52H42N2/c1-2-12-36(13-3-1)37-24-26-40(27-25-37)53(41-14-10-15-42(33-41)54-48-21-8-5-17-44(48)45-18-6-9-22-49(45)54)50-23-11-19-46-43-16-4-7-20-47(43)52(51(46)50)38-29-34-28-35(31-38)32-39(52)30-34/h1-27,33-35,38-39H,28-32H2. The molecule has 260 valence electrons. The minimum atomic E-state index is 0.0443. The van der Waals surface area contributed by atoms with E-state index in [0.29, 0.717) is 11.8 Å². The Labute approximate surface area is 317 Å². The maximum atomic E-state index is 2.60.